The van der Waals surface area contributed by atoms with Gasteiger partial charge in [0.2, 0.25) is 0 Å². The van der Waals surface area contributed by atoms with Crippen molar-refractivity contribution in [3.63, 3.8) is 0 Å². The van der Waals surface area contributed by atoms with Crippen molar-refractivity contribution in [3.05, 3.63) is 384 Å². The summed E-state index contributed by atoms with van der Waals surface area (Å²) >= 11 is 2.43. The second-order valence-corrected chi connectivity index (χ2v) is 28.2. The molecule has 0 bridgehead atoms. The smallest absolute Gasteiger partial charge is 0.854 e. The van der Waals surface area contributed by atoms with Gasteiger partial charge in [-0.1, -0.05) is 279 Å². The number of aryl methyl sites for hydroxylation is 6. The first-order valence-corrected chi connectivity index (χ1v) is 38.0. The molecule has 114 heavy (non-hydrogen) atoms. The summed E-state index contributed by atoms with van der Waals surface area (Å²) in [6.07, 6.45) is 0. The summed E-state index contributed by atoms with van der Waals surface area (Å²) in [5, 5.41) is 74.6. The number of fused-ring (bicyclic) bond motifs is 2. The summed E-state index contributed by atoms with van der Waals surface area (Å²) in [6, 6.07) is 113. The van der Waals surface area contributed by atoms with Crippen LogP contribution in [0.1, 0.15) is 44.2 Å². The number of thiazole rings is 2. The van der Waals surface area contributed by atoms with E-state index in [0.29, 0.717) is 0 Å². The zero-order valence-electron chi connectivity index (χ0n) is 63.8. The Bertz CT molecular complexity index is 5180. The van der Waals surface area contributed by atoms with Gasteiger partial charge in [0.25, 0.3) is 0 Å². The van der Waals surface area contributed by atoms with Crippen molar-refractivity contribution in [2.45, 2.75) is 41.5 Å². The van der Waals surface area contributed by atoms with Crippen LogP contribution in [0.4, 0.5) is 0 Å². The van der Waals surface area contributed by atoms with Gasteiger partial charge in [-0.3, -0.25) is 0 Å². The largest absolute Gasteiger partial charge is 2.00 e. The monoisotopic (exact) mass is 1640 g/mol. The van der Waals surface area contributed by atoms with Gasteiger partial charge >= 0.3 is 53.2 Å². The molecule has 0 fully saturated rings. The van der Waals surface area contributed by atoms with Gasteiger partial charge in [-0.15, -0.1) is 33.0 Å². The molecular weight excluding hydrogens is 1560 g/mol. The Kier molecular flexibility index (Phi) is 28.7. The molecule has 10 aromatic carbocycles. The quantitative estimate of drug-likeness (QED) is 0.0339. The van der Waals surface area contributed by atoms with Gasteiger partial charge in [0.1, 0.15) is 10.0 Å². The maximum absolute atomic E-state index is 10.9. The number of rotatable bonds is 14. The van der Waals surface area contributed by atoms with E-state index in [9.17, 15) is 10.2 Å². The molecule has 0 amide bonds. The summed E-state index contributed by atoms with van der Waals surface area (Å²) in [5.74, 6) is -1.39. The Labute approximate surface area is 694 Å². The van der Waals surface area contributed by atoms with Crippen LogP contribution in [0.3, 0.4) is 0 Å². The molecule has 18 aromatic rings. The van der Waals surface area contributed by atoms with Crippen LogP contribution in [0.25, 0.3) is 88.0 Å². The van der Waals surface area contributed by atoms with Crippen molar-refractivity contribution in [2.75, 3.05) is 0 Å². The minimum absolute atomic E-state index is 0. The normalized spacial score (nSPS) is 11.0. The average molecular weight is 1640 g/mol. The molecule has 0 unspecified atom stereocenters. The first-order valence-electron chi connectivity index (χ1n) is 36.3. The fourth-order valence-electron chi connectivity index (χ4n) is 12.8. The van der Waals surface area contributed by atoms with Crippen LogP contribution in [-0.4, -0.2) is 105 Å². The van der Waals surface area contributed by atoms with E-state index in [0.717, 1.165) is 122 Å². The van der Waals surface area contributed by atoms with E-state index in [1.807, 2.05) is 218 Å². The van der Waals surface area contributed by atoms with Crippen molar-refractivity contribution in [3.8, 4) is 67.5 Å². The molecular formula is C88H78B2N16O4S2Zn2. The van der Waals surface area contributed by atoms with E-state index in [-0.39, 0.29) is 49.0 Å². The minimum Gasteiger partial charge on any atom is -0.854 e. The molecule has 0 saturated heterocycles. The van der Waals surface area contributed by atoms with Gasteiger partial charge in [-0.25, -0.2) is 40.6 Å². The number of para-hydroxylation sites is 2. The minimum atomic E-state index is -1.55. The summed E-state index contributed by atoms with van der Waals surface area (Å²) in [5.41, 5.74) is 20.1. The van der Waals surface area contributed by atoms with Gasteiger partial charge in [0.15, 0.2) is 0 Å². The Morgan fingerprint density at radius 1 is 0.272 bits per heavy atom. The number of hydrogen-bond donors (Lipinski definition) is 2. The average Bonchev–Trinajstić information content (AvgIpc) is 1.61. The molecule has 0 saturated carbocycles. The Hall–Kier alpha value is -12.8. The SMILES string of the molecule is Cc1cc(-c2ccccc2)nn1[BH-](n1nc(-c2ccccc2)cc1C)n1nc(-c2ccccc2)cc1C.Cc1cc(-c2ccccc2)nn1[BH-](n1nc(-c2ccccc2)cc1C)n1nc(-c2ccccc2)cc1C.[O-]/C(=N\O)c1nc2ccccc2s1.[O-]/C(=N\O)c1nc2ccccc2s1.[Zn+2].[Zn+2].c1ccccc1.c1ccccc1. The molecule has 20 nitrogen and oxygen atoms in total. The predicted molar refractivity (Wildman–Crippen MR) is 450 cm³/mol. The number of benzene rings is 10. The van der Waals surface area contributed by atoms with Gasteiger partial charge in [0.05, 0.1) is 66.4 Å². The Morgan fingerprint density at radius 2 is 0.439 bits per heavy atom. The van der Waals surface area contributed by atoms with Crippen LogP contribution in [0, 0.1) is 41.5 Å². The van der Waals surface area contributed by atoms with Crippen LogP contribution >= 0.6 is 22.7 Å². The maximum atomic E-state index is 10.9. The molecule has 8 aromatic heterocycles. The van der Waals surface area contributed by atoms with E-state index in [4.69, 9.17) is 41.0 Å². The van der Waals surface area contributed by atoms with E-state index in [1.165, 1.54) is 22.7 Å². The van der Waals surface area contributed by atoms with Crippen LogP contribution in [0.15, 0.2) is 350 Å². The number of nitrogens with zero attached hydrogens (tertiary/aromatic N) is 16. The van der Waals surface area contributed by atoms with Crippen molar-refractivity contribution < 1.29 is 59.6 Å². The second kappa shape index (κ2) is 39.9. The van der Waals surface area contributed by atoms with Crippen molar-refractivity contribution in [2.24, 2.45) is 10.3 Å². The summed E-state index contributed by atoms with van der Waals surface area (Å²) in [6.45, 7) is 12.6. The van der Waals surface area contributed by atoms with E-state index < -0.39 is 26.0 Å². The topological polar surface area (TPSA) is 244 Å². The fraction of sp³-hybridized carbons (Fsp3) is 0.0682. The third-order valence-electron chi connectivity index (χ3n) is 18.4. The Morgan fingerprint density at radius 3 is 0.614 bits per heavy atom. The molecule has 26 heteroatoms. The second-order valence-electron chi connectivity index (χ2n) is 26.2. The van der Waals surface area contributed by atoms with E-state index >= 15 is 0 Å². The van der Waals surface area contributed by atoms with Gasteiger partial charge in [-0.05, 0) is 136 Å². The molecule has 2 N–H and O–H groups in total. The number of aromatic nitrogens is 14. The molecule has 556 valence electrons. The number of hydrogen-bond acceptors (Lipinski definition) is 16. The van der Waals surface area contributed by atoms with E-state index in [1.54, 1.807) is 12.1 Å². The van der Waals surface area contributed by atoms with Crippen LogP contribution < -0.4 is 10.2 Å². The third kappa shape index (κ3) is 20.3. The van der Waals surface area contributed by atoms with Gasteiger partial charge in [0, 0.05) is 33.4 Å². The zero-order valence-corrected chi connectivity index (χ0v) is 71.4. The molecule has 18 rings (SSSR count). The predicted octanol–water partition coefficient (Wildman–Crippen LogP) is 16.7. The molecule has 0 aliphatic rings. The van der Waals surface area contributed by atoms with Gasteiger partial charge < -0.3 is 48.2 Å². The standard InChI is InChI=1S/2C30H28BN6.2C8H6N2O2S.2C6H6.2Zn/c2*1-22-19-28(25-13-7-4-8-14-25)32-35(22)31(36-23(2)20-29(33-36)26-15-9-5-10-16-26)37-24(3)21-30(34-37)27-17-11-6-12-18-27;2*11-7(10-12)8-9-5-3-1-2-4-6(5)13-8;2*1-2-4-6-5-3-1;;/h2*4-21,31H,1-3H3;2*1-4,12H,(H,10,11);2*1-6H;;/q2*-1;;;;;2*+2/p-2. The molecule has 0 aliphatic carbocycles. The van der Waals surface area contributed by atoms with E-state index in [2.05, 4.69) is 199 Å². The van der Waals surface area contributed by atoms with Crippen molar-refractivity contribution in [1.29, 1.82) is 0 Å². The third-order valence-corrected chi connectivity index (χ3v) is 20.4. The first-order chi connectivity index (χ1) is 54.8. The molecule has 0 aliphatic heterocycles. The Balaban J connectivity index is 0.000000153. The van der Waals surface area contributed by atoms with Crippen molar-refractivity contribution >= 4 is 69.1 Å². The zero-order chi connectivity index (χ0) is 77.7. The molecule has 0 radical (unpaired) electrons. The van der Waals surface area contributed by atoms with Crippen LogP contribution in [0.5, 0.6) is 0 Å². The van der Waals surface area contributed by atoms with Crippen molar-refractivity contribution in [1.82, 2.24) is 68.1 Å². The molecule has 8 heterocycles. The first kappa shape index (κ1) is 82.1. The van der Waals surface area contributed by atoms with Gasteiger partial charge in [-0.2, -0.15) is 0 Å². The fourth-order valence-corrected chi connectivity index (χ4v) is 14.5. The van der Waals surface area contributed by atoms with Crippen LogP contribution in [0.2, 0.25) is 0 Å². The summed E-state index contributed by atoms with van der Waals surface area (Å²) in [4.78, 5) is 8.00. The molecule has 0 atom stereocenters. The summed E-state index contributed by atoms with van der Waals surface area (Å²) < 4.78 is 14.4. The van der Waals surface area contributed by atoms with Crippen LogP contribution in [-0.2, 0) is 39.0 Å². The number of oxime groups is 2. The summed E-state index contributed by atoms with van der Waals surface area (Å²) in [7, 11) is -3.11. The molecule has 0 spiro atoms. The maximum Gasteiger partial charge on any atom is 2.00 e.